The maximum atomic E-state index is 13.6. The third-order valence-corrected chi connectivity index (χ3v) is 6.14. The van der Waals surface area contributed by atoms with E-state index in [4.69, 9.17) is 4.74 Å². The molecule has 5 heteroatoms. The molecule has 1 saturated heterocycles. The number of nitrogens with zero attached hydrogens (tertiary/aromatic N) is 1. The van der Waals surface area contributed by atoms with Crippen LogP contribution in [0.4, 0.5) is 4.39 Å². The Labute approximate surface area is 196 Å². The van der Waals surface area contributed by atoms with Gasteiger partial charge >= 0.3 is 0 Å². The molecule has 4 rings (SSSR count). The number of nitrogens with one attached hydrogen (secondary N) is 2. The van der Waals surface area contributed by atoms with Crippen molar-refractivity contribution in [1.82, 2.24) is 15.5 Å². The van der Waals surface area contributed by atoms with Crippen molar-refractivity contribution in [1.29, 1.82) is 0 Å². The molecule has 0 radical (unpaired) electrons. The smallest absolute Gasteiger partial charge is 0.127 e. The third kappa shape index (κ3) is 6.36. The number of hydrogen-bond acceptors (Lipinski definition) is 4. The second-order valence-electron chi connectivity index (χ2n) is 8.54. The molecule has 0 spiro atoms. The van der Waals surface area contributed by atoms with Gasteiger partial charge in [0.2, 0.25) is 0 Å². The quantitative estimate of drug-likeness (QED) is 0.440. The van der Waals surface area contributed by atoms with Crippen LogP contribution in [0.25, 0.3) is 0 Å². The van der Waals surface area contributed by atoms with Crippen molar-refractivity contribution >= 4 is 0 Å². The summed E-state index contributed by atoms with van der Waals surface area (Å²) < 4.78 is 19.5. The summed E-state index contributed by atoms with van der Waals surface area (Å²) >= 11 is 0. The Balaban J connectivity index is 1.39. The number of para-hydroxylation sites is 1. The largest absolute Gasteiger partial charge is 0.457 e. The van der Waals surface area contributed by atoms with E-state index in [0.29, 0.717) is 19.1 Å². The van der Waals surface area contributed by atoms with Crippen molar-refractivity contribution < 1.29 is 9.13 Å². The first-order valence-corrected chi connectivity index (χ1v) is 11.6. The van der Waals surface area contributed by atoms with Crippen LogP contribution in [0.5, 0.6) is 11.5 Å². The number of hydrogen-bond donors (Lipinski definition) is 2. The van der Waals surface area contributed by atoms with Gasteiger partial charge in [-0.15, -0.1) is 0 Å². The van der Waals surface area contributed by atoms with E-state index in [1.165, 1.54) is 6.07 Å². The van der Waals surface area contributed by atoms with Crippen LogP contribution in [-0.2, 0) is 13.1 Å². The van der Waals surface area contributed by atoms with Gasteiger partial charge in [0.1, 0.15) is 17.3 Å². The van der Waals surface area contributed by atoms with Crippen molar-refractivity contribution in [3.05, 3.63) is 108 Å². The number of aryl methyl sites for hydroxylation is 1. The molecule has 1 heterocycles. The van der Waals surface area contributed by atoms with E-state index < -0.39 is 0 Å². The normalized spacial score (nSPS) is 14.0. The van der Waals surface area contributed by atoms with Crippen LogP contribution in [0.2, 0.25) is 0 Å². The van der Waals surface area contributed by atoms with Crippen LogP contribution in [0.1, 0.15) is 29.5 Å². The lowest BCUT2D eigenvalue weighted by Gasteiger charge is -2.38. The van der Waals surface area contributed by atoms with E-state index in [2.05, 4.69) is 34.2 Å². The summed E-state index contributed by atoms with van der Waals surface area (Å²) in [6, 6.07) is 23.3. The second-order valence-corrected chi connectivity index (χ2v) is 8.54. The van der Waals surface area contributed by atoms with Crippen molar-refractivity contribution in [3.63, 3.8) is 0 Å². The van der Waals surface area contributed by atoms with Crippen LogP contribution in [0.3, 0.4) is 0 Å². The predicted octanol–water partition coefficient (Wildman–Crippen LogP) is 5.74. The molecular weight excluding hydrogens is 413 g/mol. The minimum Gasteiger partial charge on any atom is -0.457 e. The molecule has 3 aromatic rings. The number of ether oxygens (including phenoxy) is 1. The Hall–Kier alpha value is -3.31. The van der Waals surface area contributed by atoms with Gasteiger partial charge in [0.05, 0.1) is 5.82 Å². The van der Waals surface area contributed by atoms with Crippen molar-refractivity contribution in [3.8, 4) is 11.5 Å². The fourth-order valence-corrected chi connectivity index (χ4v) is 4.19. The lowest BCUT2D eigenvalue weighted by molar-refractivity contribution is 0.187. The number of halogens is 1. The molecule has 1 fully saturated rings. The highest BCUT2D eigenvalue weighted by Gasteiger charge is 2.23. The van der Waals surface area contributed by atoms with E-state index >= 15 is 0 Å². The first-order valence-electron chi connectivity index (χ1n) is 11.6. The molecule has 0 aliphatic carbocycles. The molecule has 0 atom stereocenters. The molecule has 172 valence electrons. The monoisotopic (exact) mass is 445 g/mol. The van der Waals surface area contributed by atoms with Gasteiger partial charge in [-0.25, -0.2) is 4.39 Å². The molecule has 0 amide bonds. The fraction of sp³-hybridized carbons (Fsp3) is 0.286. The van der Waals surface area contributed by atoms with Gasteiger partial charge in [-0.1, -0.05) is 43.0 Å². The molecule has 1 aliphatic heterocycles. The summed E-state index contributed by atoms with van der Waals surface area (Å²) in [5, 5.41) is 6.95. The minimum atomic E-state index is -0.193. The molecule has 4 nitrogen and oxygen atoms in total. The van der Waals surface area contributed by atoms with Crippen molar-refractivity contribution in [2.24, 2.45) is 0 Å². The SMILES string of the molecule is C=C(NCc1ccc(Oc2ccccc2)cc1)N(Cc1ccc(F)cc1C)C1CCNCC1. The molecule has 0 saturated carbocycles. The number of benzene rings is 3. The first-order chi connectivity index (χ1) is 16.1. The van der Waals surface area contributed by atoms with Gasteiger partial charge in [-0.05, 0) is 85.9 Å². The zero-order valence-electron chi connectivity index (χ0n) is 19.2. The van der Waals surface area contributed by atoms with E-state index in [1.807, 2.05) is 55.5 Å². The summed E-state index contributed by atoms with van der Waals surface area (Å²) in [5.41, 5.74) is 3.25. The zero-order chi connectivity index (χ0) is 23.0. The average Bonchev–Trinajstić information content (AvgIpc) is 2.84. The average molecular weight is 446 g/mol. The van der Waals surface area contributed by atoms with Crippen LogP contribution < -0.4 is 15.4 Å². The molecule has 1 aliphatic rings. The molecule has 33 heavy (non-hydrogen) atoms. The molecule has 0 unspecified atom stereocenters. The van der Waals surface area contributed by atoms with Crippen molar-refractivity contribution in [2.75, 3.05) is 13.1 Å². The van der Waals surface area contributed by atoms with E-state index in [9.17, 15) is 4.39 Å². The molecule has 0 aromatic heterocycles. The summed E-state index contributed by atoms with van der Waals surface area (Å²) in [6.07, 6.45) is 2.12. The molecule has 3 aromatic carbocycles. The highest BCUT2D eigenvalue weighted by atomic mass is 19.1. The van der Waals surface area contributed by atoms with Gasteiger partial charge in [0, 0.05) is 19.1 Å². The third-order valence-electron chi connectivity index (χ3n) is 6.14. The van der Waals surface area contributed by atoms with Gasteiger partial charge < -0.3 is 20.3 Å². The Morgan fingerprint density at radius 3 is 2.42 bits per heavy atom. The highest BCUT2D eigenvalue weighted by molar-refractivity contribution is 5.33. The highest BCUT2D eigenvalue weighted by Crippen LogP contribution is 2.23. The minimum absolute atomic E-state index is 0.193. The Morgan fingerprint density at radius 1 is 1.03 bits per heavy atom. The van der Waals surface area contributed by atoms with Gasteiger partial charge in [-0.2, -0.15) is 0 Å². The summed E-state index contributed by atoms with van der Waals surface area (Å²) in [6.45, 7) is 9.71. The predicted molar refractivity (Wildman–Crippen MR) is 132 cm³/mol. The van der Waals surface area contributed by atoms with Crippen LogP contribution >= 0.6 is 0 Å². The van der Waals surface area contributed by atoms with Crippen molar-refractivity contribution in [2.45, 2.75) is 38.9 Å². The summed E-state index contributed by atoms with van der Waals surface area (Å²) in [7, 11) is 0. The van der Waals surface area contributed by atoms with Crippen LogP contribution in [0, 0.1) is 12.7 Å². The molecule has 0 bridgehead atoms. The number of rotatable bonds is 9. The van der Waals surface area contributed by atoms with Gasteiger partial charge in [-0.3, -0.25) is 0 Å². The topological polar surface area (TPSA) is 36.5 Å². The van der Waals surface area contributed by atoms with E-state index in [1.54, 1.807) is 6.07 Å². The fourth-order valence-electron chi connectivity index (χ4n) is 4.19. The van der Waals surface area contributed by atoms with E-state index in [0.717, 1.165) is 59.9 Å². The summed E-state index contributed by atoms with van der Waals surface area (Å²) in [4.78, 5) is 2.34. The maximum absolute atomic E-state index is 13.6. The van der Waals surface area contributed by atoms with E-state index in [-0.39, 0.29) is 5.82 Å². The second kappa shape index (κ2) is 11.0. The van der Waals surface area contributed by atoms with Crippen LogP contribution in [0.15, 0.2) is 85.2 Å². The number of piperidine rings is 1. The maximum Gasteiger partial charge on any atom is 0.127 e. The van der Waals surface area contributed by atoms with Crippen LogP contribution in [-0.4, -0.2) is 24.0 Å². The Morgan fingerprint density at radius 2 is 1.73 bits per heavy atom. The zero-order valence-corrected chi connectivity index (χ0v) is 19.2. The van der Waals surface area contributed by atoms with Gasteiger partial charge in [0.15, 0.2) is 0 Å². The molecule has 2 N–H and O–H groups in total. The lowest BCUT2D eigenvalue weighted by atomic mass is 10.0. The van der Waals surface area contributed by atoms with Gasteiger partial charge in [0.25, 0.3) is 0 Å². The Kier molecular flexibility index (Phi) is 7.63. The standard InChI is InChI=1S/C28H32FN3O/c1-21-18-25(29)11-10-24(21)20-32(26-14-16-30-17-15-26)22(2)31-19-23-8-12-28(13-9-23)33-27-6-4-3-5-7-27/h3-13,18,26,30-31H,2,14-17,19-20H2,1H3. The first kappa shape index (κ1) is 22.9. The lowest BCUT2D eigenvalue weighted by Crippen LogP contribution is -2.44. The molecular formula is C28H32FN3O. The summed E-state index contributed by atoms with van der Waals surface area (Å²) in [5.74, 6) is 2.34. The Bertz CT molecular complexity index is 1050.